The average molecular weight is 287 g/mol. The highest BCUT2D eigenvalue weighted by Crippen LogP contribution is 2.27. The Morgan fingerprint density at radius 2 is 2.17 bits per heavy atom. The first-order chi connectivity index (χ1) is 8.69. The Morgan fingerprint density at radius 1 is 1.33 bits per heavy atom. The van der Waals surface area contributed by atoms with Crippen molar-refractivity contribution < 1.29 is 4.74 Å². The van der Waals surface area contributed by atoms with Gasteiger partial charge < -0.3 is 10.5 Å². The first-order valence-electron chi connectivity index (χ1n) is 5.36. The number of ether oxygens (including phenoxy) is 1. The standard InChI is InChI=1S/C11H12Cl2N4O/c12-8-1-2-11(10(13)5-8)18-4-3-17-7-9(6-14)15-16-17/h1-2,5,7H,3-4,6,14H2. The zero-order valence-electron chi connectivity index (χ0n) is 9.51. The van der Waals surface area contributed by atoms with Crippen molar-refractivity contribution in [3.8, 4) is 5.75 Å². The quantitative estimate of drug-likeness (QED) is 0.914. The summed E-state index contributed by atoms with van der Waals surface area (Å²) in [5, 5.41) is 8.86. The van der Waals surface area contributed by atoms with Gasteiger partial charge in [0.15, 0.2) is 0 Å². The van der Waals surface area contributed by atoms with Crippen LogP contribution in [0.3, 0.4) is 0 Å². The van der Waals surface area contributed by atoms with Gasteiger partial charge in [0.25, 0.3) is 0 Å². The highest BCUT2D eigenvalue weighted by molar-refractivity contribution is 6.35. The van der Waals surface area contributed by atoms with Gasteiger partial charge in [-0.15, -0.1) is 5.10 Å². The summed E-state index contributed by atoms with van der Waals surface area (Å²) >= 11 is 11.8. The fraction of sp³-hybridized carbons (Fsp3) is 0.273. The van der Waals surface area contributed by atoms with Crippen LogP contribution in [-0.2, 0) is 13.1 Å². The van der Waals surface area contributed by atoms with E-state index in [-0.39, 0.29) is 0 Å². The summed E-state index contributed by atoms with van der Waals surface area (Å²) in [6, 6.07) is 5.10. The molecule has 1 aromatic carbocycles. The van der Waals surface area contributed by atoms with E-state index in [1.54, 1.807) is 29.1 Å². The summed E-state index contributed by atoms with van der Waals surface area (Å²) in [7, 11) is 0. The van der Waals surface area contributed by atoms with Crippen LogP contribution in [0.2, 0.25) is 10.0 Å². The highest BCUT2D eigenvalue weighted by Gasteiger charge is 2.03. The molecular weight excluding hydrogens is 275 g/mol. The Labute approximate surface area is 114 Å². The van der Waals surface area contributed by atoms with E-state index >= 15 is 0 Å². The minimum atomic E-state index is 0.379. The van der Waals surface area contributed by atoms with Crippen molar-refractivity contribution in [2.75, 3.05) is 6.61 Å². The van der Waals surface area contributed by atoms with Gasteiger partial charge in [0.05, 0.1) is 17.3 Å². The van der Waals surface area contributed by atoms with Crippen LogP contribution < -0.4 is 10.5 Å². The minimum absolute atomic E-state index is 0.379. The maximum absolute atomic E-state index is 5.98. The van der Waals surface area contributed by atoms with Crippen LogP contribution in [0.5, 0.6) is 5.75 Å². The molecular formula is C11H12Cl2N4O. The molecule has 96 valence electrons. The Hall–Kier alpha value is -1.30. The van der Waals surface area contributed by atoms with Crippen molar-refractivity contribution in [3.05, 3.63) is 40.1 Å². The fourth-order valence-corrected chi connectivity index (χ4v) is 1.85. The predicted octanol–water partition coefficient (Wildman–Crippen LogP) is 2.12. The van der Waals surface area contributed by atoms with E-state index in [2.05, 4.69) is 10.3 Å². The largest absolute Gasteiger partial charge is 0.490 e. The van der Waals surface area contributed by atoms with Crippen molar-refractivity contribution in [3.63, 3.8) is 0 Å². The normalized spacial score (nSPS) is 10.6. The lowest BCUT2D eigenvalue weighted by molar-refractivity contribution is 0.290. The molecule has 1 aromatic heterocycles. The van der Waals surface area contributed by atoms with Crippen molar-refractivity contribution >= 4 is 23.2 Å². The molecule has 18 heavy (non-hydrogen) atoms. The molecule has 0 radical (unpaired) electrons. The lowest BCUT2D eigenvalue weighted by Crippen LogP contribution is -2.09. The van der Waals surface area contributed by atoms with Gasteiger partial charge in [0, 0.05) is 17.8 Å². The lowest BCUT2D eigenvalue weighted by Gasteiger charge is -2.07. The third kappa shape index (κ3) is 3.35. The van der Waals surface area contributed by atoms with Gasteiger partial charge in [-0.2, -0.15) is 0 Å². The molecule has 0 saturated carbocycles. The van der Waals surface area contributed by atoms with Gasteiger partial charge >= 0.3 is 0 Å². The fourth-order valence-electron chi connectivity index (χ4n) is 1.38. The number of halogens is 2. The van der Waals surface area contributed by atoms with E-state index in [9.17, 15) is 0 Å². The van der Waals surface area contributed by atoms with Crippen molar-refractivity contribution in [1.82, 2.24) is 15.0 Å². The van der Waals surface area contributed by atoms with Crippen molar-refractivity contribution in [1.29, 1.82) is 0 Å². The zero-order chi connectivity index (χ0) is 13.0. The number of hydrogen-bond donors (Lipinski definition) is 1. The summed E-state index contributed by atoms with van der Waals surface area (Å²) in [6.45, 7) is 1.39. The third-order valence-corrected chi connectivity index (χ3v) is 2.80. The van der Waals surface area contributed by atoms with Gasteiger partial charge in [0.1, 0.15) is 12.4 Å². The molecule has 0 saturated heterocycles. The molecule has 2 N–H and O–H groups in total. The van der Waals surface area contributed by atoms with Gasteiger partial charge in [0.2, 0.25) is 0 Å². The molecule has 2 aromatic rings. The molecule has 1 heterocycles. The molecule has 0 aliphatic heterocycles. The van der Waals surface area contributed by atoms with E-state index in [0.29, 0.717) is 35.5 Å². The smallest absolute Gasteiger partial charge is 0.138 e. The SMILES string of the molecule is NCc1cn(CCOc2ccc(Cl)cc2Cl)nn1. The van der Waals surface area contributed by atoms with Gasteiger partial charge in [-0.1, -0.05) is 28.4 Å². The molecule has 5 nitrogen and oxygen atoms in total. The maximum Gasteiger partial charge on any atom is 0.138 e. The number of nitrogens with two attached hydrogens (primary N) is 1. The molecule has 7 heteroatoms. The van der Waals surface area contributed by atoms with Crippen LogP contribution >= 0.6 is 23.2 Å². The number of rotatable bonds is 5. The molecule has 0 spiro atoms. The van der Waals surface area contributed by atoms with Gasteiger partial charge in [-0.3, -0.25) is 0 Å². The number of nitrogens with zero attached hydrogens (tertiary/aromatic N) is 3. The second-order valence-electron chi connectivity index (χ2n) is 3.60. The Balaban J connectivity index is 1.88. The molecule has 0 aliphatic rings. The third-order valence-electron chi connectivity index (χ3n) is 2.27. The van der Waals surface area contributed by atoms with Crippen molar-refractivity contribution in [2.24, 2.45) is 5.73 Å². The van der Waals surface area contributed by atoms with Crippen LogP contribution in [-0.4, -0.2) is 21.6 Å². The molecule has 0 aliphatic carbocycles. The Morgan fingerprint density at radius 3 is 2.83 bits per heavy atom. The second-order valence-corrected chi connectivity index (χ2v) is 4.44. The van der Waals surface area contributed by atoms with Crippen LogP contribution in [0.25, 0.3) is 0 Å². The first-order valence-corrected chi connectivity index (χ1v) is 6.11. The summed E-state index contributed by atoms with van der Waals surface area (Å²) < 4.78 is 7.20. The predicted molar refractivity (Wildman–Crippen MR) is 69.9 cm³/mol. The molecule has 0 bridgehead atoms. The monoisotopic (exact) mass is 286 g/mol. The summed E-state index contributed by atoms with van der Waals surface area (Å²) in [5.41, 5.74) is 6.19. The van der Waals surface area contributed by atoms with E-state index in [1.807, 2.05) is 0 Å². The Bertz CT molecular complexity index is 530. The first kappa shape index (κ1) is 13.1. The van der Waals surface area contributed by atoms with E-state index in [0.717, 1.165) is 5.69 Å². The Kier molecular flexibility index (Phi) is 4.41. The van der Waals surface area contributed by atoms with Crippen LogP contribution in [0.15, 0.2) is 24.4 Å². The van der Waals surface area contributed by atoms with Crippen LogP contribution in [0, 0.1) is 0 Å². The molecule has 2 rings (SSSR count). The molecule has 0 atom stereocenters. The van der Waals surface area contributed by atoms with Gasteiger partial charge in [-0.05, 0) is 18.2 Å². The van der Waals surface area contributed by atoms with Crippen LogP contribution in [0.1, 0.15) is 5.69 Å². The summed E-state index contributed by atoms with van der Waals surface area (Å²) in [6.07, 6.45) is 1.78. The summed E-state index contributed by atoms with van der Waals surface area (Å²) in [5.74, 6) is 0.597. The van der Waals surface area contributed by atoms with E-state index < -0.39 is 0 Å². The highest BCUT2D eigenvalue weighted by atomic mass is 35.5. The maximum atomic E-state index is 5.98. The number of aromatic nitrogens is 3. The van der Waals surface area contributed by atoms with E-state index in [1.165, 1.54) is 0 Å². The van der Waals surface area contributed by atoms with E-state index in [4.69, 9.17) is 33.7 Å². The van der Waals surface area contributed by atoms with Crippen LogP contribution in [0.4, 0.5) is 0 Å². The zero-order valence-corrected chi connectivity index (χ0v) is 11.0. The minimum Gasteiger partial charge on any atom is -0.490 e. The molecule has 0 unspecified atom stereocenters. The second kappa shape index (κ2) is 6.04. The topological polar surface area (TPSA) is 66.0 Å². The summed E-state index contributed by atoms with van der Waals surface area (Å²) in [4.78, 5) is 0. The molecule has 0 amide bonds. The van der Waals surface area contributed by atoms with Gasteiger partial charge in [-0.25, -0.2) is 4.68 Å². The molecule has 0 fully saturated rings. The van der Waals surface area contributed by atoms with Crippen molar-refractivity contribution in [2.45, 2.75) is 13.1 Å². The number of benzene rings is 1. The lowest BCUT2D eigenvalue weighted by atomic mass is 10.3. The number of hydrogen-bond acceptors (Lipinski definition) is 4. The average Bonchev–Trinajstić information content (AvgIpc) is 2.80.